The molecule has 0 radical (unpaired) electrons. The zero-order valence-electron chi connectivity index (χ0n) is 21.1. The van der Waals surface area contributed by atoms with Gasteiger partial charge in [-0.2, -0.15) is 0 Å². The molecule has 0 spiro atoms. The maximum absolute atomic E-state index is 13.3. The highest BCUT2D eigenvalue weighted by Gasteiger charge is 2.40. The first-order valence-electron chi connectivity index (χ1n) is 11.9. The van der Waals surface area contributed by atoms with E-state index < -0.39 is 11.7 Å². The molecule has 174 valence electrons. The Morgan fingerprint density at radius 1 is 1.10 bits per heavy atom. The average Bonchev–Trinajstić information content (AvgIpc) is 3.43. The lowest BCUT2D eigenvalue weighted by molar-refractivity contribution is -0.171. The quantitative estimate of drug-likeness (QED) is 0.517. The summed E-state index contributed by atoms with van der Waals surface area (Å²) in [6, 6.07) is 0. The van der Waals surface area contributed by atoms with E-state index in [9.17, 15) is 4.79 Å². The number of piperidine rings is 1. The number of rotatable bonds is 6. The summed E-state index contributed by atoms with van der Waals surface area (Å²) in [6.45, 7) is 20.5. The highest BCUT2D eigenvalue weighted by atomic mass is 16.6. The maximum Gasteiger partial charge on any atom is 0.340 e. The average molecular weight is 431 g/mol. The minimum absolute atomic E-state index is 0.195. The van der Waals surface area contributed by atoms with Gasteiger partial charge in [0.15, 0.2) is 6.10 Å². The minimum Gasteiger partial charge on any atom is -0.461 e. The Balaban J connectivity index is 2.16. The number of hydrogen-bond donors (Lipinski definition) is 0. The van der Waals surface area contributed by atoms with E-state index in [4.69, 9.17) is 14.5 Å². The molecule has 2 fully saturated rings. The van der Waals surface area contributed by atoms with Crippen LogP contribution in [0.4, 0.5) is 5.69 Å². The van der Waals surface area contributed by atoms with Gasteiger partial charge in [-0.1, -0.05) is 13.8 Å². The zero-order chi connectivity index (χ0) is 23.1. The van der Waals surface area contributed by atoms with Crippen molar-refractivity contribution >= 4 is 11.7 Å². The SMILES string of the molecule is Cc1nc(C)c(C(OC(C)(C)C)C(=O)OC(C)C)c(N2CCC(C)(C)CC2)c1C1CC1. The number of anilines is 1. The standard InChI is InChI=1S/C26H42N2O3/c1-16(2)30-24(29)23(31-25(5,6)7)21-18(4)27-17(3)20(19-10-11-19)22(21)28-14-12-26(8,9)13-15-28/h16,19,23H,10-15H2,1-9H3. The van der Waals surface area contributed by atoms with E-state index in [1.807, 2.05) is 41.5 Å². The summed E-state index contributed by atoms with van der Waals surface area (Å²) < 4.78 is 12.1. The lowest BCUT2D eigenvalue weighted by Gasteiger charge is -2.41. The van der Waals surface area contributed by atoms with Crippen LogP contribution in [0.2, 0.25) is 0 Å². The summed E-state index contributed by atoms with van der Waals surface area (Å²) in [5.41, 5.74) is 5.25. The van der Waals surface area contributed by atoms with E-state index >= 15 is 0 Å². The van der Waals surface area contributed by atoms with Gasteiger partial charge in [-0.3, -0.25) is 4.98 Å². The van der Waals surface area contributed by atoms with Gasteiger partial charge in [-0.05, 0) is 85.5 Å². The highest BCUT2D eigenvalue weighted by Crippen LogP contribution is 2.50. The second-order valence-corrected chi connectivity index (χ2v) is 11.5. The van der Waals surface area contributed by atoms with Crippen LogP contribution in [0, 0.1) is 19.3 Å². The lowest BCUT2D eigenvalue weighted by Crippen LogP contribution is -2.40. The third kappa shape index (κ3) is 5.79. The number of esters is 1. The van der Waals surface area contributed by atoms with Gasteiger partial charge in [0, 0.05) is 35.6 Å². The van der Waals surface area contributed by atoms with Gasteiger partial charge < -0.3 is 14.4 Å². The fourth-order valence-corrected chi connectivity index (χ4v) is 4.58. The number of aromatic nitrogens is 1. The topological polar surface area (TPSA) is 51.7 Å². The van der Waals surface area contributed by atoms with Gasteiger partial charge in [0.2, 0.25) is 0 Å². The van der Waals surface area contributed by atoms with Crippen molar-refractivity contribution in [2.45, 2.75) is 112 Å². The van der Waals surface area contributed by atoms with Crippen LogP contribution >= 0.6 is 0 Å². The van der Waals surface area contributed by atoms with Crippen molar-refractivity contribution in [2.75, 3.05) is 18.0 Å². The van der Waals surface area contributed by atoms with Crippen molar-refractivity contribution in [1.82, 2.24) is 4.98 Å². The number of nitrogens with zero attached hydrogens (tertiary/aromatic N) is 2. The first-order valence-corrected chi connectivity index (χ1v) is 11.9. The van der Waals surface area contributed by atoms with Gasteiger partial charge >= 0.3 is 5.97 Å². The Kier molecular flexibility index (Phi) is 6.76. The highest BCUT2D eigenvalue weighted by molar-refractivity contribution is 5.81. The Hall–Kier alpha value is -1.62. The van der Waals surface area contributed by atoms with E-state index in [0.717, 1.165) is 42.9 Å². The minimum atomic E-state index is -0.780. The third-order valence-electron chi connectivity index (χ3n) is 6.34. The van der Waals surface area contributed by atoms with Crippen molar-refractivity contribution in [3.8, 4) is 0 Å². The molecule has 2 aliphatic rings. The third-order valence-corrected chi connectivity index (χ3v) is 6.34. The lowest BCUT2D eigenvalue weighted by atomic mass is 9.82. The fraction of sp³-hybridized carbons (Fsp3) is 0.769. The molecule has 1 aliphatic carbocycles. The zero-order valence-corrected chi connectivity index (χ0v) is 21.1. The number of aryl methyl sites for hydroxylation is 2. The Labute approximate surface area is 188 Å². The van der Waals surface area contributed by atoms with Crippen LogP contribution in [0.5, 0.6) is 0 Å². The molecule has 5 nitrogen and oxygen atoms in total. The van der Waals surface area contributed by atoms with Crippen molar-refractivity contribution < 1.29 is 14.3 Å². The molecule has 1 aliphatic heterocycles. The van der Waals surface area contributed by atoms with Gasteiger partial charge in [-0.25, -0.2) is 4.79 Å². The van der Waals surface area contributed by atoms with E-state index in [1.165, 1.54) is 24.1 Å². The van der Waals surface area contributed by atoms with Crippen LogP contribution in [-0.4, -0.2) is 35.7 Å². The summed E-state index contributed by atoms with van der Waals surface area (Å²) in [5.74, 6) is 0.215. The molecule has 1 atom stereocenters. The largest absolute Gasteiger partial charge is 0.461 e. The molecular weight excluding hydrogens is 388 g/mol. The summed E-state index contributed by atoms with van der Waals surface area (Å²) in [7, 11) is 0. The molecule has 0 amide bonds. The molecule has 1 saturated carbocycles. The first kappa shape index (κ1) is 24.0. The number of carbonyl (C=O) groups is 1. The molecule has 5 heteroatoms. The van der Waals surface area contributed by atoms with E-state index in [-0.39, 0.29) is 12.1 Å². The molecule has 1 saturated heterocycles. The van der Waals surface area contributed by atoms with Gasteiger partial charge in [-0.15, -0.1) is 0 Å². The molecule has 1 aromatic heterocycles. The predicted octanol–water partition coefficient (Wildman–Crippen LogP) is 6.01. The molecule has 0 N–H and O–H groups in total. The number of pyridine rings is 1. The maximum atomic E-state index is 13.3. The molecule has 3 rings (SSSR count). The summed E-state index contributed by atoms with van der Waals surface area (Å²) in [6.07, 6.45) is 3.69. The van der Waals surface area contributed by atoms with Crippen LogP contribution in [0.1, 0.15) is 109 Å². The predicted molar refractivity (Wildman–Crippen MR) is 126 cm³/mol. The molecule has 31 heavy (non-hydrogen) atoms. The summed E-state index contributed by atoms with van der Waals surface area (Å²) in [4.78, 5) is 20.7. The van der Waals surface area contributed by atoms with Crippen molar-refractivity contribution in [3.63, 3.8) is 0 Å². The monoisotopic (exact) mass is 430 g/mol. The van der Waals surface area contributed by atoms with Crippen molar-refractivity contribution in [2.24, 2.45) is 5.41 Å². The first-order chi connectivity index (χ1) is 14.3. The molecule has 0 bridgehead atoms. The second-order valence-electron chi connectivity index (χ2n) is 11.5. The van der Waals surface area contributed by atoms with Crippen LogP contribution < -0.4 is 4.90 Å². The second kappa shape index (κ2) is 8.73. The summed E-state index contributed by atoms with van der Waals surface area (Å²) in [5, 5.41) is 0. The van der Waals surface area contributed by atoms with Crippen LogP contribution in [0.15, 0.2) is 0 Å². The van der Waals surface area contributed by atoms with E-state index in [1.54, 1.807) is 0 Å². The molecule has 0 aromatic carbocycles. The Morgan fingerprint density at radius 2 is 1.68 bits per heavy atom. The summed E-state index contributed by atoms with van der Waals surface area (Å²) >= 11 is 0. The van der Waals surface area contributed by atoms with Gasteiger partial charge in [0.25, 0.3) is 0 Å². The molecule has 1 unspecified atom stereocenters. The van der Waals surface area contributed by atoms with Crippen molar-refractivity contribution in [1.29, 1.82) is 0 Å². The molecule has 1 aromatic rings. The van der Waals surface area contributed by atoms with Crippen LogP contribution in [0.3, 0.4) is 0 Å². The number of ether oxygens (including phenoxy) is 2. The van der Waals surface area contributed by atoms with Crippen LogP contribution in [-0.2, 0) is 14.3 Å². The van der Waals surface area contributed by atoms with Gasteiger partial charge in [0.05, 0.1) is 17.4 Å². The van der Waals surface area contributed by atoms with E-state index in [2.05, 4.69) is 25.7 Å². The van der Waals surface area contributed by atoms with Crippen molar-refractivity contribution in [3.05, 3.63) is 22.5 Å². The number of hydrogen-bond acceptors (Lipinski definition) is 5. The normalized spacial score (nSPS) is 20.1. The van der Waals surface area contributed by atoms with Gasteiger partial charge in [0.1, 0.15) is 0 Å². The Morgan fingerprint density at radius 3 is 2.16 bits per heavy atom. The number of carbonyl (C=O) groups excluding carboxylic acids is 1. The smallest absolute Gasteiger partial charge is 0.340 e. The molecule has 2 heterocycles. The fourth-order valence-electron chi connectivity index (χ4n) is 4.58. The van der Waals surface area contributed by atoms with Crippen LogP contribution in [0.25, 0.3) is 0 Å². The Bertz CT molecular complexity index is 809. The molecular formula is C26H42N2O3. The van der Waals surface area contributed by atoms with E-state index in [0.29, 0.717) is 11.3 Å².